The van der Waals surface area contributed by atoms with Crippen LogP contribution in [0.2, 0.25) is 0 Å². The van der Waals surface area contributed by atoms with Crippen molar-refractivity contribution in [1.29, 1.82) is 0 Å². The first-order valence-corrected chi connectivity index (χ1v) is 3.94. The molecule has 0 aromatic heterocycles. The molecule has 6 heteroatoms. The molecule has 0 spiro atoms. The summed E-state index contributed by atoms with van der Waals surface area (Å²) in [6.45, 7) is -0.307. The van der Waals surface area contributed by atoms with Crippen LogP contribution in [0.15, 0.2) is 18.2 Å². The summed E-state index contributed by atoms with van der Waals surface area (Å²) in [7, 11) is 1.28. The molecular formula is C9H8F4O2. The Bertz CT molecular complexity index is 335. The molecule has 0 saturated carbocycles. The molecule has 0 fully saturated rings. The van der Waals surface area contributed by atoms with E-state index in [1.54, 1.807) is 0 Å². The molecule has 0 heterocycles. The maximum absolute atomic E-state index is 13.2. The van der Waals surface area contributed by atoms with E-state index in [2.05, 4.69) is 9.47 Å². The maximum Gasteiger partial charge on any atom is 0.419 e. The first kappa shape index (κ1) is 11.8. The highest BCUT2D eigenvalue weighted by Gasteiger charge is 2.35. The Balaban J connectivity index is 3.01. The van der Waals surface area contributed by atoms with Crippen molar-refractivity contribution in [2.24, 2.45) is 0 Å². The van der Waals surface area contributed by atoms with Crippen molar-refractivity contribution < 1.29 is 27.0 Å². The fourth-order valence-corrected chi connectivity index (χ4v) is 0.964. The van der Waals surface area contributed by atoms with Gasteiger partial charge in [0.1, 0.15) is 0 Å². The molecule has 0 atom stereocenters. The molecule has 0 saturated heterocycles. The van der Waals surface area contributed by atoms with E-state index in [4.69, 9.17) is 0 Å². The van der Waals surface area contributed by atoms with Crippen molar-refractivity contribution in [3.63, 3.8) is 0 Å². The normalized spacial score (nSPS) is 11.5. The Morgan fingerprint density at radius 2 is 1.93 bits per heavy atom. The number of ether oxygens (including phenoxy) is 2. The van der Waals surface area contributed by atoms with E-state index in [1.807, 2.05) is 0 Å². The second-order valence-corrected chi connectivity index (χ2v) is 2.67. The third kappa shape index (κ3) is 2.82. The smallest absolute Gasteiger partial charge is 0.419 e. The van der Waals surface area contributed by atoms with Crippen molar-refractivity contribution >= 4 is 0 Å². The van der Waals surface area contributed by atoms with Crippen LogP contribution in [-0.4, -0.2) is 13.9 Å². The summed E-state index contributed by atoms with van der Waals surface area (Å²) in [5.74, 6) is -1.91. The van der Waals surface area contributed by atoms with Crippen LogP contribution in [0.4, 0.5) is 17.6 Å². The van der Waals surface area contributed by atoms with E-state index in [0.29, 0.717) is 6.07 Å². The lowest BCUT2D eigenvalue weighted by atomic mass is 10.2. The fourth-order valence-electron chi connectivity index (χ4n) is 0.964. The highest BCUT2D eigenvalue weighted by molar-refractivity contribution is 5.32. The average molecular weight is 224 g/mol. The molecule has 0 aliphatic heterocycles. The van der Waals surface area contributed by atoms with Crippen LogP contribution >= 0.6 is 0 Å². The van der Waals surface area contributed by atoms with Gasteiger partial charge in [0.2, 0.25) is 0 Å². The number of rotatable bonds is 3. The van der Waals surface area contributed by atoms with Crippen LogP contribution < -0.4 is 4.74 Å². The van der Waals surface area contributed by atoms with Gasteiger partial charge in [-0.2, -0.15) is 13.2 Å². The zero-order valence-corrected chi connectivity index (χ0v) is 7.77. The predicted octanol–water partition coefficient (Wildman–Crippen LogP) is 2.83. The molecule has 0 radical (unpaired) electrons. The van der Waals surface area contributed by atoms with E-state index < -0.39 is 23.3 Å². The van der Waals surface area contributed by atoms with Gasteiger partial charge in [-0.3, -0.25) is 0 Å². The lowest BCUT2D eigenvalue weighted by Crippen LogP contribution is -2.10. The van der Waals surface area contributed by atoms with E-state index >= 15 is 0 Å². The Hall–Kier alpha value is -1.30. The Labute approximate surface area is 83.4 Å². The second kappa shape index (κ2) is 4.48. The lowest BCUT2D eigenvalue weighted by molar-refractivity contribution is -0.140. The highest BCUT2D eigenvalue weighted by Crippen LogP contribution is 2.34. The van der Waals surface area contributed by atoms with Crippen molar-refractivity contribution in [3.05, 3.63) is 29.6 Å². The monoisotopic (exact) mass is 224 g/mol. The number of alkyl halides is 3. The third-order valence-electron chi connectivity index (χ3n) is 1.60. The van der Waals surface area contributed by atoms with Gasteiger partial charge >= 0.3 is 6.18 Å². The molecule has 0 amide bonds. The van der Waals surface area contributed by atoms with E-state index in [-0.39, 0.29) is 6.79 Å². The minimum Gasteiger partial charge on any atom is -0.464 e. The van der Waals surface area contributed by atoms with Gasteiger partial charge < -0.3 is 9.47 Å². The summed E-state index contributed by atoms with van der Waals surface area (Å²) in [6.07, 6.45) is -4.73. The van der Waals surface area contributed by atoms with Crippen LogP contribution in [0.3, 0.4) is 0 Å². The van der Waals surface area contributed by atoms with Crippen LogP contribution in [0.5, 0.6) is 5.75 Å². The average Bonchev–Trinajstić information content (AvgIpc) is 2.14. The quantitative estimate of drug-likeness (QED) is 0.580. The van der Waals surface area contributed by atoms with Gasteiger partial charge in [-0.1, -0.05) is 6.07 Å². The highest BCUT2D eigenvalue weighted by atomic mass is 19.4. The number of benzene rings is 1. The zero-order chi connectivity index (χ0) is 11.5. The second-order valence-electron chi connectivity index (χ2n) is 2.67. The number of halogens is 4. The number of hydrogen-bond acceptors (Lipinski definition) is 2. The van der Waals surface area contributed by atoms with Gasteiger partial charge in [-0.05, 0) is 12.1 Å². The molecule has 0 aliphatic carbocycles. The van der Waals surface area contributed by atoms with Gasteiger partial charge in [-0.15, -0.1) is 0 Å². The first-order chi connectivity index (χ1) is 6.96. The zero-order valence-electron chi connectivity index (χ0n) is 7.77. The van der Waals surface area contributed by atoms with Gasteiger partial charge in [-0.25, -0.2) is 4.39 Å². The standard InChI is InChI=1S/C9H8F4O2/c1-14-5-15-7-4-2-3-6(8(7)10)9(11,12)13/h2-4H,5H2,1H3. The summed E-state index contributed by atoms with van der Waals surface area (Å²) < 4.78 is 58.9. The van der Waals surface area contributed by atoms with Crippen molar-refractivity contribution in [1.82, 2.24) is 0 Å². The van der Waals surface area contributed by atoms with E-state index in [9.17, 15) is 17.6 Å². The topological polar surface area (TPSA) is 18.5 Å². The molecule has 15 heavy (non-hydrogen) atoms. The first-order valence-electron chi connectivity index (χ1n) is 3.94. The maximum atomic E-state index is 13.2. The third-order valence-corrected chi connectivity index (χ3v) is 1.60. The van der Waals surface area contributed by atoms with Crippen molar-refractivity contribution in [2.75, 3.05) is 13.9 Å². The Morgan fingerprint density at radius 1 is 1.27 bits per heavy atom. The van der Waals surface area contributed by atoms with Gasteiger partial charge in [0.05, 0.1) is 5.56 Å². The fraction of sp³-hybridized carbons (Fsp3) is 0.333. The molecule has 0 unspecified atom stereocenters. The molecule has 84 valence electrons. The molecule has 0 aliphatic rings. The van der Waals surface area contributed by atoms with Crippen LogP contribution in [-0.2, 0) is 10.9 Å². The van der Waals surface area contributed by atoms with Gasteiger partial charge in [0.25, 0.3) is 0 Å². The van der Waals surface area contributed by atoms with Crippen LogP contribution in [0.1, 0.15) is 5.56 Å². The molecule has 2 nitrogen and oxygen atoms in total. The van der Waals surface area contributed by atoms with Crippen molar-refractivity contribution in [2.45, 2.75) is 6.18 Å². The Morgan fingerprint density at radius 3 is 2.47 bits per heavy atom. The van der Waals surface area contributed by atoms with Crippen LogP contribution in [0, 0.1) is 5.82 Å². The Kier molecular flexibility index (Phi) is 3.52. The molecule has 0 bridgehead atoms. The summed E-state index contributed by atoms with van der Waals surface area (Å²) in [6, 6.07) is 2.81. The minimum atomic E-state index is -4.73. The molecule has 1 aromatic rings. The summed E-state index contributed by atoms with van der Waals surface area (Å²) in [4.78, 5) is 0. The summed E-state index contributed by atoms with van der Waals surface area (Å²) in [5, 5.41) is 0. The minimum absolute atomic E-state index is 0.307. The molecule has 1 aromatic carbocycles. The number of methoxy groups -OCH3 is 1. The molecular weight excluding hydrogens is 216 g/mol. The van der Waals surface area contributed by atoms with E-state index in [1.165, 1.54) is 7.11 Å². The van der Waals surface area contributed by atoms with Gasteiger partial charge in [0.15, 0.2) is 18.4 Å². The largest absolute Gasteiger partial charge is 0.464 e. The SMILES string of the molecule is COCOc1cccc(C(F)(F)F)c1F. The predicted molar refractivity (Wildman–Crippen MR) is 43.9 cm³/mol. The molecule has 1 rings (SSSR count). The van der Waals surface area contributed by atoms with Crippen LogP contribution in [0.25, 0.3) is 0 Å². The van der Waals surface area contributed by atoms with Gasteiger partial charge in [0, 0.05) is 7.11 Å². The molecule has 0 N–H and O–H groups in total. The lowest BCUT2D eigenvalue weighted by Gasteiger charge is -2.11. The van der Waals surface area contributed by atoms with Crippen molar-refractivity contribution in [3.8, 4) is 5.75 Å². The van der Waals surface area contributed by atoms with E-state index in [0.717, 1.165) is 12.1 Å². The number of hydrogen-bond donors (Lipinski definition) is 0. The summed E-state index contributed by atoms with van der Waals surface area (Å²) >= 11 is 0. The summed E-state index contributed by atoms with van der Waals surface area (Å²) in [5.41, 5.74) is -1.35.